The number of amides is 1. The second kappa shape index (κ2) is 12.2. The summed E-state index contributed by atoms with van der Waals surface area (Å²) in [4.78, 5) is 26.2. The molecule has 3 N–H and O–H groups in total. The first-order chi connectivity index (χ1) is 16.2. The zero-order chi connectivity index (χ0) is 24.7. The number of hydrogen-bond donors (Lipinski definition) is 3. The molecule has 1 aliphatic carbocycles. The second-order valence-electron chi connectivity index (χ2n) is 7.46. The Bertz CT molecular complexity index is 1070. The molecule has 0 bridgehead atoms. The van der Waals surface area contributed by atoms with Crippen LogP contribution in [0.4, 0.5) is 5.00 Å². The second-order valence-corrected chi connectivity index (χ2v) is 11.3. The molecule has 1 atom stereocenters. The van der Waals surface area contributed by atoms with E-state index in [0.29, 0.717) is 10.6 Å². The number of fused-ring (bicyclic) bond motifs is 1. The Morgan fingerprint density at radius 3 is 2.56 bits per heavy atom. The van der Waals surface area contributed by atoms with Crippen LogP contribution in [0.1, 0.15) is 46.1 Å². The minimum Gasteiger partial charge on any atom is -0.462 e. The number of halogens is 3. The van der Waals surface area contributed by atoms with Crippen LogP contribution in [0.5, 0.6) is 0 Å². The van der Waals surface area contributed by atoms with Crippen LogP contribution in [0.15, 0.2) is 36.4 Å². The number of benzene rings is 1. The Kier molecular flexibility index (Phi) is 9.62. The highest BCUT2D eigenvalue weighted by atomic mass is 35.6. The van der Waals surface area contributed by atoms with Gasteiger partial charge < -0.3 is 20.7 Å². The number of nitrogens with one attached hydrogen (secondary N) is 3. The third kappa shape index (κ3) is 7.33. The summed E-state index contributed by atoms with van der Waals surface area (Å²) >= 11 is 25.1. The minimum atomic E-state index is -1.90. The van der Waals surface area contributed by atoms with Crippen LogP contribution in [0.2, 0.25) is 0 Å². The SMILES string of the molecule is CCOC(=O)c1c(NC(=S)N[C@@H](NC(=O)/C=C\c2ccccc2)C(Cl)(Cl)Cl)sc2c1CCCC2. The Labute approximate surface area is 223 Å². The van der Waals surface area contributed by atoms with Crippen molar-refractivity contribution in [3.63, 3.8) is 0 Å². The lowest BCUT2D eigenvalue weighted by atomic mass is 9.95. The van der Waals surface area contributed by atoms with E-state index in [9.17, 15) is 9.59 Å². The molecule has 1 heterocycles. The number of hydrogen-bond acceptors (Lipinski definition) is 5. The normalized spacial score (nSPS) is 14.2. The summed E-state index contributed by atoms with van der Waals surface area (Å²) in [7, 11) is 0. The van der Waals surface area contributed by atoms with Gasteiger partial charge in [-0.15, -0.1) is 11.3 Å². The molecule has 11 heteroatoms. The smallest absolute Gasteiger partial charge is 0.341 e. The van der Waals surface area contributed by atoms with Crippen LogP contribution in [0, 0.1) is 0 Å². The molecule has 182 valence electrons. The molecule has 0 spiro atoms. The predicted molar refractivity (Wildman–Crippen MR) is 144 cm³/mol. The number of carbonyl (C=O) groups is 2. The van der Waals surface area contributed by atoms with E-state index in [1.165, 1.54) is 17.4 Å². The molecular weight excluding hydrogens is 537 g/mol. The van der Waals surface area contributed by atoms with E-state index < -0.39 is 21.8 Å². The van der Waals surface area contributed by atoms with Gasteiger partial charge in [-0.1, -0.05) is 65.1 Å². The van der Waals surface area contributed by atoms with Gasteiger partial charge in [0.05, 0.1) is 12.2 Å². The third-order valence-corrected chi connectivity index (χ3v) is 7.08. The van der Waals surface area contributed by atoms with Crippen molar-refractivity contribution < 1.29 is 14.3 Å². The predicted octanol–water partition coefficient (Wildman–Crippen LogP) is 5.62. The highest BCUT2D eigenvalue weighted by Gasteiger charge is 2.35. The number of alkyl halides is 3. The Morgan fingerprint density at radius 2 is 1.88 bits per heavy atom. The lowest BCUT2D eigenvalue weighted by Gasteiger charge is -2.27. The Balaban J connectivity index is 1.72. The van der Waals surface area contributed by atoms with Crippen LogP contribution in [0.3, 0.4) is 0 Å². The van der Waals surface area contributed by atoms with Gasteiger partial charge >= 0.3 is 5.97 Å². The lowest BCUT2D eigenvalue weighted by Crippen LogP contribution is -2.55. The van der Waals surface area contributed by atoms with Crippen molar-refractivity contribution in [1.82, 2.24) is 10.6 Å². The van der Waals surface area contributed by atoms with Gasteiger partial charge in [0.25, 0.3) is 0 Å². The van der Waals surface area contributed by atoms with Crippen molar-refractivity contribution in [3.05, 3.63) is 58.0 Å². The molecule has 6 nitrogen and oxygen atoms in total. The summed E-state index contributed by atoms with van der Waals surface area (Å²) in [5.41, 5.74) is 2.34. The van der Waals surface area contributed by atoms with Crippen LogP contribution >= 0.6 is 58.4 Å². The Hall–Kier alpha value is -1.84. The number of aryl methyl sites for hydroxylation is 1. The quantitative estimate of drug-likeness (QED) is 0.134. The maximum absolute atomic E-state index is 12.6. The van der Waals surface area contributed by atoms with Gasteiger partial charge in [0.15, 0.2) is 5.11 Å². The molecule has 1 aromatic heterocycles. The van der Waals surface area contributed by atoms with E-state index in [1.54, 1.807) is 13.0 Å². The van der Waals surface area contributed by atoms with E-state index in [-0.39, 0.29) is 11.7 Å². The number of thiophene rings is 1. The highest BCUT2D eigenvalue weighted by Crippen LogP contribution is 2.38. The fraction of sp³-hybridized carbons (Fsp3) is 0.348. The molecule has 0 aliphatic heterocycles. The molecular formula is C23H24Cl3N3O3S2. The van der Waals surface area contributed by atoms with E-state index in [1.807, 2.05) is 30.3 Å². The van der Waals surface area contributed by atoms with Crippen molar-refractivity contribution in [2.75, 3.05) is 11.9 Å². The highest BCUT2D eigenvalue weighted by molar-refractivity contribution is 7.80. The van der Waals surface area contributed by atoms with Crippen LogP contribution in [0.25, 0.3) is 6.08 Å². The summed E-state index contributed by atoms with van der Waals surface area (Å²) in [6, 6.07) is 9.32. The standard InChI is InChI=1S/C23H24Cl3N3O3S2/c1-2-32-20(31)18-15-10-6-7-11-16(15)34-19(18)28-22(33)29-21(23(24,25)26)27-17(30)13-12-14-8-4-3-5-9-14/h3-5,8-9,12-13,21H,2,6-7,10-11H2,1H3,(H,27,30)(H2,28,29,33)/b13-12-/t21-/m1/s1. The van der Waals surface area contributed by atoms with E-state index in [2.05, 4.69) is 16.0 Å². The van der Waals surface area contributed by atoms with Crippen LogP contribution in [-0.4, -0.2) is 33.6 Å². The van der Waals surface area contributed by atoms with Crippen molar-refractivity contribution in [2.45, 2.75) is 42.6 Å². The molecule has 2 aromatic rings. The molecule has 34 heavy (non-hydrogen) atoms. The van der Waals surface area contributed by atoms with Crippen molar-refractivity contribution in [1.29, 1.82) is 0 Å². The van der Waals surface area contributed by atoms with Gasteiger partial charge in [0.1, 0.15) is 11.2 Å². The number of esters is 1. The number of ether oxygens (including phenoxy) is 1. The molecule has 3 rings (SSSR count). The number of rotatable bonds is 7. The summed E-state index contributed by atoms with van der Waals surface area (Å²) < 4.78 is 3.36. The largest absolute Gasteiger partial charge is 0.462 e. The zero-order valence-electron chi connectivity index (χ0n) is 18.3. The minimum absolute atomic E-state index is 0.0906. The summed E-state index contributed by atoms with van der Waals surface area (Å²) in [5, 5.41) is 9.12. The third-order valence-electron chi connectivity index (χ3n) is 4.99. The molecule has 1 aromatic carbocycles. The van der Waals surface area contributed by atoms with Gasteiger partial charge in [-0.05, 0) is 62.0 Å². The first kappa shape index (κ1) is 26.8. The zero-order valence-corrected chi connectivity index (χ0v) is 22.2. The number of anilines is 1. The molecule has 0 fully saturated rings. The number of carbonyl (C=O) groups excluding carboxylic acids is 2. The van der Waals surface area contributed by atoms with Crippen molar-refractivity contribution in [3.8, 4) is 0 Å². The van der Waals surface area contributed by atoms with Gasteiger partial charge in [0.2, 0.25) is 9.70 Å². The van der Waals surface area contributed by atoms with E-state index in [4.69, 9.17) is 51.8 Å². The molecule has 1 aliphatic rings. The van der Waals surface area contributed by atoms with Crippen LogP contribution in [-0.2, 0) is 22.4 Å². The molecule has 0 unspecified atom stereocenters. The first-order valence-corrected chi connectivity index (χ1v) is 13.0. The van der Waals surface area contributed by atoms with E-state index in [0.717, 1.165) is 41.7 Å². The van der Waals surface area contributed by atoms with Gasteiger partial charge in [-0.3, -0.25) is 4.79 Å². The van der Waals surface area contributed by atoms with Gasteiger partial charge in [-0.25, -0.2) is 4.79 Å². The average Bonchev–Trinajstić information content (AvgIpc) is 3.15. The van der Waals surface area contributed by atoms with Crippen molar-refractivity contribution >= 4 is 86.4 Å². The van der Waals surface area contributed by atoms with Gasteiger partial charge in [0, 0.05) is 11.0 Å². The fourth-order valence-electron chi connectivity index (χ4n) is 3.47. The molecule has 0 radical (unpaired) electrons. The van der Waals surface area contributed by atoms with E-state index >= 15 is 0 Å². The van der Waals surface area contributed by atoms with Crippen molar-refractivity contribution in [2.24, 2.45) is 0 Å². The fourth-order valence-corrected chi connectivity index (χ4v) is 5.36. The summed E-state index contributed by atoms with van der Waals surface area (Å²) in [6.45, 7) is 2.03. The Morgan fingerprint density at radius 1 is 1.18 bits per heavy atom. The molecule has 0 saturated carbocycles. The molecule has 0 saturated heterocycles. The summed E-state index contributed by atoms with van der Waals surface area (Å²) in [5.74, 6) is -0.876. The van der Waals surface area contributed by atoms with Crippen LogP contribution < -0.4 is 16.0 Å². The maximum atomic E-state index is 12.6. The number of thiocarbonyl (C=S) groups is 1. The van der Waals surface area contributed by atoms with Gasteiger partial charge in [-0.2, -0.15) is 0 Å². The first-order valence-electron chi connectivity index (χ1n) is 10.7. The maximum Gasteiger partial charge on any atom is 0.341 e. The average molecular weight is 561 g/mol. The lowest BCUT2D eigenvalue weighted by molar-refractivity contribution is -0.117. The summed E-state index contributed by atoms with van der Waals surface area (Å²) in [6.07, 6.45) is 5.63. The molecule has 1 amide bonds. The monoisotopic (exact) mass is 559 g/mol. The topological polar surface area (TPSA) is 79.5 Å².